The van der Waals surface area contributed by atoms with Crippen LogP contribution in [0, 0.1) is 0 Å². The van der Waals surface area contributed by atoms with Crippen LogP contribution >= 0.6 is 0 Å². The number of primary amides is 1. The van der Waals surface area contributed by atoms with Crippen molar-refractivity contribution in [3.05, 3.63) is 36.5 Å². The molecule has 1 saturated carbocycles. The Morgan fingerprint density at radius 3 is 2.72 bits per heavy atom. The maximum absolute atomic E-state index is 12.0. The summed E-state index contributed by atoms with van der Waals surface area (Å²) >= 11 is 0. The first-order valence-electron chi connectivity index (χ1n) is 8.43. The molecule has 7 nitrogen and oxygen atoms in total. The molecule has 132 valence electrons. The largest absolute Gasteiger partial charge is 0.489 e. The van der Waals surface area contributed by atoms with Crippen LogP contribution in [-0.4, -0.2) is 35.6 Å². The number of para-hydroxylation sites is 1. The van der Waals surface area contributed by atoms with Crippen molar-refractivity contribution >= 4 is 22.8 Å². The van der Waals surface area contributed by atoms with Crippen LogP contribution in [0.15, 0.2) is 36.5 Å². The zero-order valence-electron chi connectivity index (χ0n) is 14.0. The summed E-state index contributed by atoms with van der Waals surface area (Å²) in [6.45, 7) is 0.608. The molecule has 0 radical (unpaired) electrons. The predicted octanol–water partition coefficient (Wildman–Crippen LogP) is 1.71. The van der Waals surface area contributed by atoms with Gasteiger partial charge in [-0.3, -0.25) is 9.78 Å². The molecule has 0 bridgehead atoms. The second-order valence-corrected chi connectivity index (χ2v) is 6.21. The van der Waals surface area contributed by atoms with Crippen molar-refractivity contribution in [3.63, 3.8) is 0 Å². The number of carbonyl (C=O) groups is 2. The van der Waals surface area contributed by atoms with Gasteiger partial charge in [0.25, 0.3) is 0 Å². The van der Waals surface area contributed by atoms with Crippen LogP contribution in [0.3, 0.4) is 0 Å². The summed E-state index contributed by atoms with van der Waals surface area (Å²) in [6, 6.07) is 9.14. The number of pyridine rings is 1. The zero-order valence-corrected chi connectivity index (χ0v) is 14.0. The lowest BCUT2D eigenvalue weighted by atomic mass is 9.97. The highest BCUT2D eigenvalue weighted by Crippen LogP contribution is 2.29. The molecule has 1 aliphatic rings. The second-order valence-electron chi connectivity index (χ2n) is 6.21. The van der Waals surface area contributed by atoms with Gasteiger partial charge in [-0.25, -0.2) is 4.79 Å². The summed E-state index contributed by atoms with van der Waals surface area (Å²) in [6.07, 6.45) is 4.68. The van der Waals surface area contributed by atoms with Gasteiger partial charge in [0.2, 0.25) is 5.91 Å². The van der Waals surface area contributed by atoms with E-state index in [1.54, 1.807) is 6.20 Å². The minimum atomic E-state index is -0.912. The van der Waals surface area contributed by atoms with Crippen LogP contribution in [0.1, 0.15) is 25.7 Å². The molecule has 1 aromatic carbocycles. The van der Waals surface area contributed by atoms with Gasteiger partial charge in [0.1, 0.15) is 23.4 Å². The molecular weight excluding hydrogens is 320 g/mol. The number of aromatic nitrogens is 1. The summed E-state index contributed by atoms with van der Waals surface area (Å²) in [5, 5.41) is 6.43. The SMILES string of the molecule is NC(=O)C1(NC(=O)NCCOc2cccc3cccnc23)CCCC1. The van der Waals surface area contributed by atoms with Gasteiger partial charge in [0.05, 0.1) is 6.54 Å². The Morgan fingerprint density at radius 2 is 1.96 bits per heavy atom. The molecule has 0 aliphatic heterocycles. The number of carbonyl (C=O) groups excluding carboxylic acids is 2. The Hall–Kier alpha value is -2.83. The highest BCUT2D eigenvalue weighted by atomic mass is 16.5. The fraction of sp³-hybridized carbons (Fsp3) is 0.389. The lowest BCUT2D eigenvalue weighted by Gasteiger charge is -2.26. The van der Waals surface area contributed by atoms with Crippen molar-refractivity contribution in [3.8, 4) is 5.75 Å². The number of fused-ring (bicyclic) bond motifs is 1. The Balaban J connectivity index is 1.49. The van der Waals surface area contributed by atoms with E-state index in [9.17, 15) is 9.59 Å². The van der Waals surface area contributed by atoms with Crippen LogP contribution in [0.25, 0.3) is 10.9 Å². The molecule has 4 N–H and O–H groups in total. The Labute approximate surface area is 145 Å². The van der Waals surface area contributed by atoms with E-state index in [0.29, 0.717) is 31.7 Å². The third kappa shape index (κ3) is 3.81. The zero-order chi connectivity index (χ0) is 17.7. The standard InChI is InChI=1S/C18H22N4O3/c19-16(23)18(8-1-2-9-18)22-17(24)21-11-12-25-14-7-3-5-13-6-4-10-20-15(13)14/h3-7,10H,1-2,8-9,11-12H2,(H2,19,23)(H2,21,22,24). The first kappa shape index (κ1) is 17.0. The fourth-order valence-electron chi connectivity index (χ4n) is 3.19. The van der Waals surface area contributed by atoms with Gasteiger partial charge >= 0.3 is 6.03 Å². The third-order valence-corrected chi connectivity index (χ3v) is 4.52. The number of nitrogens with two attached hydrogens (primary N) is 1. The summed E-state index contributed by atoms with van der Waals surface area (Å²) in [5.74, 6) is 0.197. The number of ether oxygens (including phenoxy) is 1. The molecule has 25 heavy (non-hydrogen) atoms. The topological polar surface area (TPSA) is 106 Å². The molecule has 1 aromatic heterocycles. The van der Waals surface area contributed by atoms with Crippen LogP contribution < -0.4 is 21.1 Å². The Morgan fingerprint density at radius 1 is 1.20 bits per heavy atom. The minimum absolute atomic E-state index is 0.298. The Bertz CT molecular complexity index is 767. The van der Waals surface area contributed by atoms with Crippen LogP contribution in [0.2, 0.25) is 0 Å². The quantitative estimate of drug-likeness (QED) is 0.695. The molecule has 2 aromatic rings. The van der Waals surface area contributed by atoms with Gasteiger partial charge in [-0.05, 0) is 25.0 Å². The van der Waals surface area contributed by atoms with Gasteiger partial charge in [-0.15, -0.1) is 0 Å². The smallest absolute Gasteiger partial charge is 0.315 e. The van der Waals surface area contributed by atoms with E-state index in [-0.39, 0.29) is 0 Å². The molecule has 1 aliphatic carbocycles. The van der Waals surface area contributed by atoms with Gasteiger partial charge < -0.3 is 21.1 Å². The van der Waals surface area contributed by atoms with E-state index in [2.05, 4.69) is 15.6 Å². The maximum atomic E-state index is 12.0. The summed E-state index contributed by atoms with van der Waals surface area (Å²) in [4.78, 5) is 28.0. The van der Waals surface area contributed by atoms with E-state index in [0.717, 1.165) is 23.7 Å². The van der Waals surface area contributed by atoms with E-state index < -0.39 is 17.5 Å². The normalized spacial score (nSPS) is 15.7. The van der Waals surface area contributed by atoms with Crippen molar-refractivity contribution in [2.45, 2.75) is 31.2 Å². The van der Waals surface area contributed by atoms with Gasteiger partial charge in [-0.1, -0.05) is 31.0 Å². The van der Waals surface area contributed by atoms with Crippen molar-refractivity contribution < 1.29 is 14.3 Å². The number of urea groups is 1. The van der Waals surface area contributed by atoms with E-state index in [1.807, 2.05) is 30.3 Å². The molecule has 0 unspecified atom stereocenters. The number of nitrogens with zero attached hydrogens (tertiary/aromatic N) is 1. The molecule has 7 heteroatoms. The summed E-state index contributed by atoms with van der Waals surface area (Å²) in [5.41, 5.74) is 5.32. The molecular formula is C18H22N4O3. The van der Waals surface area contributed by atoms with Crippen LogP contribution in [-0.2, 0) is 4.79 Å². The van der Waals surface area contributed by atoms with E-state index in [4.69, 9.17) is 10.5 Å². The highest BCUT2D eigenvalue weighted by Gasteiger charge is 2.40. The predicted molar refractivity (Wildman–Crippen MR) is 94.2 cm³/mol. The number of hydrogen-bond donors (Lipinski definition) is 3. The number of hydrogen-bond acceptors (Lipinski definition) is 4. The second kappa shape index (κ2) is 7.38. The van der Waals surface area contributed by atoms with Gasteiger partial charge in [0, 0.05) is 11.6 Å². The number of amides is 3. The van der Waals surface area contributed by atoms with Crippen LogP contribution in [0.4, 0.5) is 4.79 Å². The first-order valence-corrected chi connectivity index (χ1v) is 8.43. The average Bonchev–Trinajstić information content (AvgIpc) is 3.08. The molecule has 1 fully saturated rings. The average molecular weight is 342 g/mol. The molecule has 0 saturated heterocycles. The number of rotatable bonds is 6. The lowest BCUT2D eigenvalue weighted by Crippen LogP contribution is -2.58. The first-order chi connectivity index (χ1) is 12.1. The summed E-state index contributed by atoms with van der Waals surface area (Å²) < 4.78 is 5.72. The van der Waals surface area contributed by atoms with Crippen molar-refractivity contribution in [2.24, 2.45) is 5.73 Å². The van der Waals surface area contributed by atoms with Crippen LogP contribution in [0.5, 0.6) is 5.75 Å². The van der Waals surface area contributed by atoms with E-state index >= 15 is 0 Å². The summed E-state index contributed by atoms with van der Waals surface area (Å²) in [7, 11) is 0. The van der Waals surface area contributed by atoms with Crippen molar-refractivity contribution in [1.82, 2.24) is 15.6 Å². The number of benzene rings is 1. The molecule has 3 amide bonds. The molecule has 1 heterocycles. The highest BCUT2D eigenvalue weighted by molar-refractivity contribution is 5.90. The minimum Gasteiger partial charge on any atom is -0.489 e. The van der Waals surface area contributed by atoms with Gasteiger partial charge in [0.15, 0.2) is 0 Å². The lowest BCUT2D eigenvalue weighted by molar-refractivity contribution is -0.123. The molecule has 3 rings (SSSR count). The monoisotopic (exact) mass is 342 g/mol. The Kier molecular flexibility index (Phi) is 5.02. The molecule has 0 spiro atoms. The van der Waals surface area contributed by atoms with E-state index in [1.165, 1.54) is 0 Å². The molecule has 0 atom stereocenters. The fourth-order valence-corrected chi connectivity index (χ4v) is 3.19. The maximum Gasteiger partial charge on any atom is 0.315 e. The number of nitrogens with one attached hydrogen (secondary N) is 2. The van der Waals surface area contributed by atoms with Crippen molar-refractivity contribution in [2.75, 3.05) is 13.2 Å². The van der Waals surface area contributed by atoms with Crippen molar-refractivity contribution in [1.29, 1.82) is 0 Å². The van der Waals surface area contributed by atoms with Gasteiger partial charge in [-0.2, -0.15) is 0 Å². The third-order valence-electron chi connectivity index (χ3n) is 4.52.